The van der Waals surface area contributed by atoms with E-state index in [9.17, 15) is 9.59 Å². The van der Waals surface area contributed by atoms with Crippen LogP contribution in [0.3, 0.4) is 0 Å². The summed E-state index contributed by atoms with van der Waals surface area (Å²) in [6.07, 6.45) is -0.970. The lowest BCUT2D eigenvalue weighted by Crippen LogP contribution is -2.35. The lowest BCUT2D eigenvalue weighted by Gasteiger charge is -2.15. The van der Waals surface area contributed by atoms with Gasteiger partial charge in [-0.25, -0.2) is 0 Å². The van der Waals surface area contributed by atoms with Gasteiger partial charge in [0, 0.05) is 18.2 Å². The number of amides is 1. The highest BCUT2D eigenvalue weighted by Crippen LogP contribution is 2.27. The van der Waals surface area contributed by atoms with Crippen LogP contribution in [-0.2, 0) is 27.3 Å². The van der Waals surface area contributed by atoms with Crippen molar-refractivity contribution in [2.45, 2.75) is 26.0 Å². The zero-order chi connectivity index (χ0) is 22.1. The molecule has 0 radical (unpaired) electrons. The molecule has 0 aliphatic carbocycles. The summed E-state index contributed by atoms with van der Waals surface area (Å²) in [6.45, 7) is 1.78. The highest BCUT2D eigenvalue weighted by molar-refractivity contribution is 5.84. The van der Waals surface area contributed by atoms with Crippen LogP contribution in [0.25, 0.3) is 0 Å². The van der Waals surface area contributed by atoms with E-state index in [2.05, 4.69) is 5.32 Å². The van der Waals surface area contributed by atoms with Crippen LogP contribution in [0.4, 0.5) is 0 Å². The van der Waals surface area contributed by atoms with Crippen molar-refractivity contribution in [3.63, 3.8) is 0 Å². The van der Waals surface area contributed by atoms with Crippen molar-refractivity contribution in [1.29, 1.82) is 0 Å². The Bertz CT molecular complexity index is 882. The number of hydrogen-bond donors (Lipinski definition) is 1. The summed E-state index contributed by atoms with van der Waals surface area (Å²) in [5.74, 6) is 1.36. The Labute approximate surface area is 176 Å². The maximum absolute atomic E-state index is 12.3. The minimum Gasteiger partial charge on any atom is -0.497 e. The van der Waals surface area contributed by atoms with Gasteiger partial charge in [0.25, 0.3) is 5.91 Å². The molecule has 0 aliphatic heterocycles. The van der Waals surface area contributed by atoms with Crippen LogP contribution in [0.1, 0.15) is 18.1 Å². The molecule has 0 aliphatic rings. The molecule has 30 heavy (non-hydrogen) atoms. The van der Waals surface area contributed by atoms with Gasteiger partial charge in [-0.3, -0.25) is 9.59 Å². The largest absolute Gasteiger partial charge is 0.497 e. The Morgan fingerprint density at radius 1 is 0.867 bits per heavy atom. The molecule has 0 unspecified atom stereocenters. The number of rotatable bonds is 10. The lowest BCUT2D eigenvalue weighted by atomic mass is 10.1. The molecule has 1 N–H and O–H groups in total. The highest BCUT2D eigenvalue weighted by atomic mass is 16.5. The Kier molecular flexibility index (Phi) is 8.34. The summed E-state index contributed by atoms with van der Waals surface area (Å²) < 4.78 is 26.1. The van der Waals surface area contributed by atoms with Crippen LogP contribution in [-0.4, -0.2) is 46.4 Å². The second-order valence-electron chi connectivity index (χ2n) is 6.39. The van der Waals surface area contributed by atoms with Gasteiger partial charge in [0.15, 0.2) is 17.6 Å². The lowest BCUT2D eigenvalue weighted by molar-refractivity contribution is -0.154. The maximum atomic E-state index is 12.3. The van der Waals surface area contributed by atoms with Crippen molar-refractivity contribution in [3.05, 3.63) is 47.5 Å². The minimum absolute atomic E-state index is 0.0273. The number of nitrogens with one attached hydrogen (secondary N) is 1. The van der Waals surface area contributed by atoms with Crippen LogP contribution in [0.15, 0.2) is 36.4 Å². The van der Waals surface area contributed by atoms with E-state index in [1.807, 2.05) is 6.07 Å². The van der Waals surface area contributed by atoms with Crippen LogP contribution >= 0.6 is 0 Å². The average Bonchev–Trinajstić information content (AvgIpc) is 2.77. The molecule has 0 saturated carbocycles. The van der Waals surface area contributed by atoms with Gasteiger partial charge in [0.2, 0.25) is 0 Å². The number of ether oxygens (including phenoxy) is 5. The van der Waals surface area contributed by atoms with E-state index >= 15 is 0 Å². The summed E-state index contributed by atoms with van der Waals surface area (Å²) in [6, 6.07) is 10.5. The molecule has 2 aromatic rings. The average molecular weight is 417 g/mol. The number of methoxy groups -OCH3 is 4. The zero-order valence-corrected chi connectivity index (χ0v) is 17.8. The second-order valence-corrected chi connectivity index (χ2v) is 6.39. The van der Waals surface area contributed by atoms with E-state index in [1.54, 1.807) is 51.7 Å². The molecule has 0 fully saturated rings. The fourth-order valence-corrected chi connectivity index (χ4v) is 2.77. The van der Waals surface area contributed by atoms with Crippen molar-refractivity contribution in [2.24, 2.45) is 0 Å². The number of carbonyl (C=O) groups is 2. The van der Waals surface area contributed by atoms with Gasteiger partial charge in [-0.05, 0) is 30.7 Å². The first-order chi connectivity index (χ1) is 14.4. The Balaban J connectivity index is 1.90. The van der Waals surface area contributed by atoms with Crippen LogP contribution in [0.2, 0.25) is 0 Å². The van der Waals surface area contributed by atoms with Crippen molar-refractivity contribution in [2.75, 3.05) is 28.4 Å². The molecular weight excluding hydrogens is 390 g/mol. The summed E-state index contributed by atoms with van der Waals surface area (Å²) in [5, 5.41) is 2.74. The van der Waals surface area contributed by atoms with Crippen LogP contribution in [0, 0.1) is 0 Å². The predicted molar refractivity (Wildman–Crippen MR) is 110 cm³/mol. The van der Waals surface area contributed by atoms with E-state index in [-0.39, 0.29) is 13.0 Å². The molecule has 2 rings (SSSR count). The topological polar surface area (TPSA) is 92.3 Å². The van der Waals surface area contributed by atoms with E-state index in [0.29, 0.717) is 28.6 Å². The van der Waals surface area contributed by atoms with Crippen LogP contribution in [0.5, 0.6) is 23.0 Å². The first kappa shape index (κ1) is 22.9. The van der Waals surface area contributed by atoms with Gasteiger partial charge in [0.1, 0.15) is 11.5 Å². The molecular formula is C22H27NO7. The smallest absolute Gasteiger partial charge is 0.311 e. The summed E-state index contributed by atoms with van der Waals surface area (Å²) in [5.41, 5.74) is 1.46. The van der Waals surface area contributed by atoms with E-state index in [4.69, 9.17) is 23.7 Å². The fraction of sp³-hybridized carbons (Fsp3) is 0.364. The molecule has 0 saturated heterocycles. The molecule has 1 atom stereocenters. The van der Waals surface area contributed by atoms with Crippen molar-refractivity contribution in [3.8, 4) is 23.0 Å². The first-order valence-corrected chi connectivity index (χ1v) is 9.30. The van der Waals surface area contributed by atoms with Crippen molar-refractivity contribution < 1.29 is 33.3 Å². The highest BCUT2D eigenvalue weighted by Gasteiger charge is 2.19. The summed E-state index contributed by atoms with van der Waals surface area (Å²) >= 11 is 0. The van der Waals surface area contributed by atoms with Crippen LogP contribution < -0.4 is 24.3 Å². The Morgan fingerprint density at radius 3 is 2.20 bits per heavy atom. The quantitative estimate of drug-likeness (QED) is 0.594. The monoisotopic (exact) mass is 417 g/mol. The molecule has 1 amide bonds. The Morgan fingerprint density at radius 2 is 1.57 bits per heavy atom. The standard InChI is InChI=1S/C22H27NO7/c1-14(22(25)23-13-15-6-9-18(27-3)20(10-15)29-5)30-21(24)11-16-7-8-17(26-2)12-19(16)28-4/h6-10,12,14H,11,13H2,1-5H3,(H,23,25)/t14-/m1/s1. The Hall–Kier alpha value is -3.42. The van der Waals surface area contributed by atoms with Crippen molar-refractivity contribution >= 4 is 11.9 Å². The normalized spacial score (nSPS) is 11.2. The van der Waals surface area contributed by atoms with Gasteiger partial charge in [-0.2, -0.15) is 0 Å². The number of carbonyl (C=O) groups excluding carboxylic acids is 2. The molecule has 8 nitrogen and oxygen atoms in total. The van der Waals surface area contributed by atoms with E-state index in [0.717, 1.165) is 5.56 Å². The summed E-state index contributed by atoms with van der Waals surface area (Å²) in [4.78, 5) is 24.6. The zero-order valence-electron chi connectivity index (χ0n) is 17.8. The molecule has 2 aromatic carbocycles. The second kappa shape index (κ2) is 10.9. The molecule has 0 heterocycles. The SMILES string of the molecule is COc1ccc(CC(=O)O[C@H](C)C(=O)NCc2ccc(OC)c(OC)c2)c(OC)c1. The fourth-order valence-electron chi connectivity index (χ4n) is 2.77. The van der Waals surface area contributed by atoms with Gasteiger partial charge < -0.3 is 29.0 Å². The van der Waals surface area contributed by atoms with Gasteiger partial charge in [-0.15, -0.1) is 0 Å². The molecule has 0 bridgehead atoms. The van der Waals surface area contributed by atoms with Crippen molar-refractivity contribution in [1.82, 2.24) is 5.32 Å². The van der Waals surface area contributed by atoms with E-state index in [1.165, 1.54) is 14.0 Å². The molecule has 0 aromatic heterocycles. The van der Waals surface area contributed by atoms with Gasteiger partial charge >= 0.3 is 5.97 Å². The predicted octanol–water partition coefficient (Wildman–Crippen LogP) is 2.51. The third-order valence-electron chi connectivity index (χ3n) is 4.42. The minimum atomic E-state index is -0.943. The first-order valence-electron chi connectivity index (χ1n) is 9.30. The number of esters is 1. The third kappa shape index (κ3) is 6.04. The maximum Gasteiger partial charge on any atom is 0.311 e. The number of hydrogen-bond acceptors (Lipinski definition) is 7. The van der Waals surface area contributed by atoms with E-state index < -0.39 is 18.0 Å². The molecule has 0 spiro atoms. The third-order valence-corrected chi connectivity index (χ3v) is 4.42. The number of benzene rings is 2. The molecule has 8 heteroatoms. The van der Waals surface area contributed by atoms with Gasteiger partial charge in [0.05, 0.1) is 34.9 Å². The summed E-state index contributed by atoms with van der Waals surface area (Å²) in [7, 11) is 6.15. The van der Waals surface area contributed by atoms with Gasteiger partial charge in [-0.1, -0.05) is 12.1 Å². The molecule has 162 valence electrons.